The average molecular weight is 320 g/mol. The second-order valence-corrected chi connectivity index (χ2v) is 5.60. The van der Waals surface area contributed by atoms with Gasteiger partial charge in [0.2, 0.25) is 0 Å². The van der Waals surface area contributed by atoms with Gasteiger partial charge < -0.3 is 10.1 Å². The monoisotopic (exact) mass is 320 g/mol. The fourth-order valence-electron chi connectivity index (χ4n) is 2.38. The normalized spacial score (nSPS) is 10.9. The van der Waals surface area contributed by atoms with Crippen LogP contribution in [0.2, 0.25) is 0 Å². The van der Waals surface area contributed by atoms with Gasteiger partial charge in [0.15, 0.2) is 0 Å². The van der Waals surface area contributed by atoms with E-state index in [1.165, 1.54) is 0 Å². The highest BCUT2D eigenvalue weighted by Gasteiger charge is 2.11. The summed E-state index contributed by atoms with van der Waals surface area (Å²) in [6.45, 7) is 5.83. The third-order valence-corrected chi connectivity index (χ3v) is 3.95. The molecule has 0 aliphatic carbocycles. The van der Waals surface area contributed by atoms with Gasteiger partial charge in [0, 0.05) is 5.69 Å². The molecule has 0 bridgehead atoms. The number of hydrogen-bond acceptors (Lipinski definition) is 3. The van der Waals surface area contributed by atoms with Crippen LogP contribution in [0.1, 0.15) is 22.3 Å². The van der Waals surface area contributed by atoms with E-state index in [0.29, 0.717) is 5.69 Å². The topological polar surface area (TPSA) is 62.1 Å². The Morgan fingerprint density at radius 2 is 1.92 bits per heavy atom. The molecule has 0 spiro atoms. The van der Waals surface area contributed by atoms with E-state index in [1.807, 2.05) is 63.2 Å². The highest BCUT2D eigenvalue weighted by molar-refractivity contribution is 6.10. The van der Waals surface area contributed by atoms with E-state index in [4.69, 9.17) is 4.74 Å². The van der Waals surface area contributed by atoms with Gasteiger partial charge in [-0.15, -0.1) is 0 Å². The van der Waals surface area contributed by atoms with E-state index in [0.717, 1.165) is 28.0 Å². The summed E-state index contributed by atoms with van der Waals surface area (Å²) < 4.78 is 5.22. The molecule has 4 nitrogen and oxygen atoms in total. The highest BCUT2D eigenvalue weighted by Crippen LogP contribution is 2.21. The Morgan fingerprint density at radius 1 is 1.17 bits per heavy atom. The van der Waals surface area contributed by atoms with Gasteiger partial charge in [-0.25, -0.2) is 0 Å². The van der Waals surface area contributed by atoms with Gasteiger partial charge in [0.05, 0.1) is 7.11 Å². The molecule has 0 aliphatic rings. The van der Waals surface area contributed by atoms with E-state index in [9.17, 15) is 10.1 Å². The molecule has 0 atom stereocenters. The first kappa shape index (κ1) is 17.3. The first-order chi connectivity index (χ1) is 11.5. The molecule has 0 fully saturated rings. The van der Waals surface area contributed by atoms with Gasteiger partial charge >= 0.3 is 0 Å². The molecule has 122 valence electrons. The number of methoxy groups -OCH3 is 1. The number of aryl methyl sites for hydroxylation is 2. The van der Waals surface area contributed by atoms with Gasteiger partial charge in [0.25, 0.3) is 5.91 Å². The third-order valence-electron chi connectivity index (χ3n) is 3.95. The molecule has 2 rings (SSSR count). The van der Waals surface area contributed by atoms with E-state index >= 15 is 0 Å². The number of amides is 1. The minimum atomic E-state index is -0.417. The van der Waals surface area contributed by atoms with Crippen molar-refractivity contribution in [2.24, 2.45) is 0 Å². The second-order valence-electron chi connectivity index (χ2n) is 5.60. The molecular weight excluding hydrogens is 300 g/mol. The molecule has 0 aromatic heterocycles. The van der Waals surface area contributed by atoms with Crippen molar-refractivity contribution in [2.75, 3.05) is 12.4 Å². The van der Waals surface area contributed by atoms with E-state index in [1.54, 1.807) is 13.2 Å². The molecular formula is C20H20N2O2. The van der Waals surface area contributed by atoms with Crippen molar-refractivity contribution in [1.82, 2.24) is 0 Å². The maximum atomic E-state index is 12.4. The molecule has 1 amide bonds. The lowest BCUT2D eigenvalue weighted by molar-refractivity contribution is -0.112. The smallest absolute Gasteiger partial charge is 0.266 e. The molecule has 0 unspecified atom stereocenters. The van der Waals surface area contributed by atoms with Crippen molar-refractivity contribution in [2.45, 2.75) is 20.8 Å². The minimum Gasteiger partial charge on any atom is -0.496 e. The highest BCUT2D eigenvalue weighted by atomic mass is 16.5. The Morgan fingerprint density at radius 3 is 2.54 bits per heavy atom. The minimum absolute atomic E-state index is 0.0560. The van der Waals surface area contributed by atoms with Gasteiger partial charge in [-0.1, -0.05) is 18.2 Å². The number of nitriles is 1. The Balaban J connectivity index is 2.27. The zero-order valence-corrected chi connectivity index (χ0v) is 14.3. The molecule has 0 radical (unpaired) electrons. The lowest BCUT2D eigenvalue weighted by Gasteiger charge is -2.10. The molecule has 1 N–H and O–H groups in total. The predicted molar refractivity (Wildman–Crippen MR) is 95.9 cm³/mol. The van der Waals surface area contributed by atoms with Crippen molar-refractivity contribution in [3.8, 4) is 11.8 Å². The van der Waals surface area contributed by atoms with Crippen LogP contribution in [0.4, 0.5) is 5.69 Å². The van der Waals surface area contributed by atoms with Crippen molar-refractivity contribution < 1.29 is 9.53 Å². The summed E-state index contributed by atoms with van der Waals surface area (Å²) in [5.74, 6) is 0.352. The SMILES string of the molecule is COc1ccc(/C=C(\C#N)C(=O)Nc2cccc(C)c2C)cc1C. The summed E-state index contributed by atoms with van der Waals surface area (Å²) in [4.78, 5) is 12.4. The van der Waals surface area contributed by atoms with Crippen LogP contribution in [-0.2, 0) is 4.79 Å². The fraction of sp³-hybridized carbons (Fsp3) is 0.200. The van der Waals surface area contributed by atoms with Gasteiger partial charge in [-0.3, -0.25) is 4.79 Å². The number of rotatable bonds is 4. The molecule has 4 heteroatoms. The Labute approximate surface area is 142 Å². The van der Waals surface area contributed by atoms with E-state index < -0.39 is 5.91 Å². The van der Waals surface area contributed by atoms with E-state index in [2.05, 4.69) is 5.32 Å². The van der Waals surface area contributed by atoms with Crippen molar-refractivity contribution in [3.05, 3.63) is 64.2 Å². The first-order valence-corrected chi connectivity index (χ1v) is 7.60. The Kier molecular flexibility index (Phi) is 5.39. The number of carbonyl (C=O) groups is 1. The molecule has 0 saturated carbocycles. The molecule has 2 aromatic carbocycles. The zero-order valence-electron chi connectivity index (χ0n) is 14.3. The number of hydrogen-bond donors (Lipinski definition) is 1. The maximum absolute atomic E-state index is 12.4. The first-order valence-electron chi connectivity index (χ1n) is 7.60. The Bertz CT molecular complexity index is 845. The van der Waals surface area contributed by atoms with Gasteiger partial charge in [0.1, 0.15) is 17.4 Å². The van der Waals surface area contributed by atoms with Crippen LogP contribution in [0.25, 0.3) is 6.08 Å². The molecule has 0 aliphatic heterocycles. The third kappa shape index (κ3) is 3.82. The van der Waals surface area contributed by atoms with Crippen LogP contribution < -0.4 is 10.1 Å². The summed E-state index contributed by atoms with van der Waals surface area (Å²) in [6.07, 6.45) is 1.58. The lowest BCUT2D eigenvalue weighted by Crippen LogP contribution is -2.14. The summed E-state index contributed by atoms with van der Waals surface area (Å²) in [6, 6.07) is 13.2. The summed E-state index contributed by atoms with van der Waals surface area (Å²) in [7, 11) is 1.61. The maximum Gasteiger partial charge on any atom is 0.266 e. The molecule has 0 saturated heterocycles. The summed E-state index contributed by atoms with van der Waals surface area (Å²) in [5.41, 5.74) is 4.57. The van der Waals surface area contributed by atoms with Gasteiger partial charge in [-0.2, -0.15) is 5.26 Å². The van der Waals surface area contributed by atoms with Crippen LogP contribution in [0.3, 0.4) is 0 Å². The number of carbonyl (C=O) groups excluding carboxylic acids is 1. The van der Waals surface area contributed by atoms with Crippen LogP contribution in [0.5, 0.6) is 5.75 Å². The number of ether oxygens (including phenoxy) is 1. The summed E-state index contributed by atoms with van der Waals surface area (Å²) >= 11 is 0. The summed E-state index contributed by atoms with van der Waals surface area (Å²) in [5, 5.41) is 12.1. The average Bonchev–Trinajstić information content (AvgIpc) is 2.57. The van der Waals surface area contributed by atoms with E-state index in [-0.39, 0.29) is 5.57 Å². The largest absolute Gasteiger partial charge is 0.496 e. The standard InChI is InChI=1S/C20H20N2O2/c1-13-6-5-7-18(15(13)3)22-20(23)17(12-21)11-16-8-9-19(24-4)14(2)10-16/h5-11H,1-4H3,(H,22,23)/b17-11+. The number of benzene rings is 2. The lowest BCUT2D eigenvalue weighted by atomic mass is 10.1. The zero-order chi connectivity index (χ0) is 17.7. The quantitative estimate of drug-likeness (QED) is 0.679. The fourth-order valence-corrected chi connectivity index (χ4v) is 2.38. The van der Waals surface area contributed by atoms with Crippen LogP contribution in [0.15, 0.2) is 42.0 Å². The Hall–Kier alpha value is -3.06. The van der Waals surface area contributed by atoms with Crippen molar-refractivity contribution in [3.63, 3.8) is 0 Å². The second kappa shape index (κ2) is 7.47. The predicted octanol–water partition coefficient (Wildman–Crippen LogP) is 4.17. The number of anilines is 1. The van der Waals surface area contributed by atoms with Crippen molar-refractivity contribution in [1.29, 1.82) is 5.26 Å². The van der Waals surface area contributed by atoms with Crippen LogP contribution >= 0.6 is 0 Å². The van der Waals surface area contributed by atoms with Gasteiger partial charge in [-0.05, 0) is 67.3 Å². The number of nitrogens with one attached hydrogen (secondary N) is 1. The molecule has 0 heterocycles. The molecule has 2 aromatic rings. The molecule has 24 heavy (non-hydrogen) atoms. The van der Waals surface area contributed by atoms with Crippen LogP contribution in [0, 0.1) is 32.1 Å². The van der Waals surface area contributed by atoms with Crippen molar-refractivity contribution >= 4 is 17.7 Å². The van der Waals surface area contributed by atoms with Crippen LogP contribution in [-0.4, -0.2) is 13.0 Å². The number of nitrogens with zero attached hydrogens (tertiary/aromatic N) is 1.